The molecule has 0 bridgehead atoms. The van der Waals surface area contributed by atoms with Crippen molar-refractivity contribution < 1.29 is 44.1 Å². The van der Waals surface area contributed by atoms with E-state index in [-0.39, 0.29) is 12.8 Å². The fourth-order valence-electron chi connectivity index (χ4n) is 3.74. The molecule has 2 rings (SSSR count). The van der Waals surface area contributed by atoms with E-state index in [9.17, 15) is 39.0 Å². The number of aliphatic hydroxyl groups is 1. The maximum Gasteiger partial charge on any atom is 0.326 e. The lowest BCUT2D eigenvalue weighted by Gasteiger charge is -2.26. The van der Waals surface area contributed by atoms with Crippen molar-refractivity contribution in [3.63, 3.8) is 0 Å². The monoisotopic (exact) mass is 548 g/mol. The molecule has 0 radical (unpaired) electrons. The van der Waals surface area contributed by atoms with Crippen molar-refractivity contribution in [2.75, 3.05) is 0 Å². The van der Waals surface area contributed by atoms with Gasteiger partial charge in [0.1, 0.15) is 18.1 Å². The molecule has 1 aromatic carbocycles. The minimum Gasteiger partial charge on any atom is -0.481 e. The third kappa shape index (κ3) is 9.08. The van der Waals surface area contributed by atoms with Gasteiger partial charge in [0.25, 0.3) is 0 Å². The standard InChI is InChI=1S/C24H32N6O9/c1-11(31)20(30-22(36)16(9-18(26)32)28-21(35)14(25)6-7-19(33)34)23(37)29-17(24(38)39)8-12-10-27-15-5-3-2-4-13(12)15/h2-5,10-11,14,16-17,20,27,31H,6-9,25H2,1H3,(H2,26,32)(H,28,35)(H,29,37)(H,30,36)(H,33,34)(H,38,39). The lowest BCUT2D eigenvalue weighted by atomic mass is 10.0. The molecule has 1 heterocycles. The average molecular weight is 549 g/mol. The van der Waals surface area contributed by atoms with Crippen LogP contribution in [0.25, 0.3) is 10.9 Å². The fourth-order valence-corrected chi connectivity index (χ4v) is 3.74. The van der Waals surface area contributed by atoms with Crippen LogP contribution in [0, 0.1) is 0 Å². The van der Waals surface area contributed by atoms with Crippen LogP contribution in [-0.2, 0) is 35.2 Å². The number of carbonyl (C=O) groups is 6. The molecule has 0 aliphatic rings. The molecule has 39 heavy (non-hydrogen) atoms. The van der Waals surface area contributed by atoms with Gasteiger partial charge in [0.2, 0.25) is 23.6 Å². The van der Waals surface area contributed by atoms with Crippen molar-refractivity contribution in [1.29, 1.82) is 0 Å². The smallest absolute Gasteiger partial charge is 0.326 e. The Balaban J connectivity index is 2.14. The second-order valence-corrected chi connectivity index (χ2v) is 8.96. The lowest BCUT2D eigenvalue weighted by Crippen LogP contribution is -2.60. The Morgan fingerprint density at radius 2 is 1.59 bits per heavy atom. The van der Waals surface area contributed by atoms with Gasteiger partial charge in [-0.25, -0.2) is 4.79 Å². The number of carboxylic acid groups (broad SMARTS) is 2. The summed E-state index contributed by atoms with van der Waals surface area (Å²) in [6.45, 7) is 1.17. The number of aromatic amines is 1. The molecule has 1 aromatic heterocycles. The summed E-state index contributed by atoms with van der Waals surface area (Å²) in [6.07, 6.45) is -1.39. The summed E-state index contributed by atoms with van der Waals surface area (Å²) in [5, 5.41) is 36.0. The number of primary amides is 1. The largest absolute Gasteiger partial charge is 0.481 e. The van der Waals surface area contributed by atoms with Crippen LogP contribution in [0.1, 0.15) is 31.7 Å². The number of nitrogens with two attached hydrogens (primary N) is 2. The van der Waals surface area contributed by atoms with Gasteiger partial charge in [0.05, 0.1) is 18.6 Å². The molecule has 0 saturated heterocycles. The highest BCUT2D eigenvalue weighted by Gasteiger charge is 2.33. The number of aromatic nitrogens is 1. The third-order valence-electron chi connectivity index (χ3n) is 5.82. The Hall–Kier alpha value is -4.50. The predicted octanol–water partition coefficient (Wildman–Crippen LogP) is -2.30. The summed E-state index contributed by atoms with van der Waals surface area (Å²) in [7, 11) is 0. The van der Waals surface area contributed by atoms with Crippen LogP contribution >= 0.6 is 0 Å². The summed E-state index contributed by atoms with van der Waals surface area (Å²) < 4.78 is 0. The fraction of sp³-hybridized carbons (Fsp3) is 0.417. The second-order valence-electron chi connectivity index (χ2n) is 8.96. The van der Waals surface area contributed by atoms with E-state index in [1.807, 2.05) is 0 Å². The molecule has 11 N–H and O–H groups in total. The van der Waals surface area contributed by atoms with Crippen molar-refractivity contribution in [2.45, 2.75) is 62.9 Å². The van der Waals surface area contributed by atoms with Crippen LogP contribution in [0.3, 0.4) is 0 Å². The molecule has 212 valence electrons. The zero-order valence-corrected chi connectivity index (χ0v) is 21.0. The van der Waals surface area contributed by atoms with Crippen LogP contribution in [0.15, 0.2) is 30.5 Å². The molecule has 0 fully saturated rings. The number of aliphatic carboxylic acids is 2. The molecule has 0 aliphatic heterocycles. The first kappa shape index (κ1) is 30.7. The van der Waals surface area contributed by atoms with Gasteiger partial charge in [-0.3, -0.25) is 24.0 Å². The zero-order chi connectivity index (χ0) is 29.3. The second kappa shape index (κ2) is 13.9. The number of aliphatic hydroxyl groups excluding tert-OH is 1. The first-order valence-electron chi connectivity index (χ1n) is 11.9. The molecular formula is C24H32N6O9. The molecular weight excluding hydrogens is 516 g/mol. The van der Waals surface area contributed by atoms with E-state index in [1.165, 1.54) is 6.92 Å². The molecule has 15 nitrogen and oxygen atoms in total. The highest BCUT2D eigenvalue weighted by atomic mass is 16.4. The van der Waals surface area contributed by atoms with Gasteiger partial charge in [-0.15, -0.1) is 0 Å². The number of H-pyrrole nitrogens is 1. The number of para-hydroxylation sites is 1. The quantitative estimate of drug-likeness (QED) is 0.115. The maximum atomic E-state index is 12.9. The topological polar surface area (TPSA) is 267 Å². The Kier molecular flexibility index (Phi) is 10.9. The molecule has 5 atom stereocenters. The Labute approximate surface area is 222 Å². The first-order chi connectivity index (χ1) is 18.3. The molecule has 15 heteroatoms. The van der Waals surface area contributed by atoms with Crippen molar-refractivity contribution in [1.82, 2.24) is 20.9 Å². The third-order valence-corrected chi connectivity index (χ3v) is 5.82. The number of carboxylic acids is 2. The number of benzene rings is 1. The van der Waals surface area contributed by atoms with Gasteiger partial charge in [0.15, 0.2) is 0 Å². The molecule has 2 aromatic rings. The Bertz CT molecular complexity index is 1230. The van der Waals surface area contributed by atoms with Crippen molar-refractivity contribution in [3.8, 4) is 0 Å². The van der Waals surface area contributed by atoms with E-state index < -0.39 is 78.7 Å². The summed E-state index contributed by atoms with van der Waals surface area (Å²) >= 11 is 0. The van der Waals surface area contributed by atoms with Crippen LogP contribution < -0.4 is 27.4 Å². The highest BCUT2D eigenvalue weighted by molar-refractivity contribution is 5.96. The van der Waals surface area contributed by atoms with Gasteiger partial charge in [-0.1, -0.05) is 18.2 Å². The zero-order valence-electron chi connectivity index (χ0n) is 21.0. The van der Waals surface area contributed by atoms with Gasteiger partial charge in [-0.2, -0.15) is 0 Å². The maximum absolute atomic E-state index is 12.9. The molecule has 0 aliphatic carbocycles. The average Bonchev–Trinajstić information content (AvgIpc) is 3.26. The molecule has 0 saturated carbocycles. The summed E-state index contributed by atoms with van der Waals surface area (Å²) in [4.78, 5) is 75.2. The van der Waals surface area contributed by atoms with Crippen molar-refractivity contribution in [3.05, 3.63) is 36.0 Å². The molecule has 4 amide bonds. The van der Waals surface area contributed by atoms with Crippen molar-refractivity contribution >= 4 is 46.5 Å². The number of carbonyl (C=O) groups excluding carboxylic acids is 4. The summed E-state index contributed by atoms with van der Waals surface area (Å²) in [5.41, 5.74) is 12.2. The van der Waals surface area contributed by atoms with Gasteiger partial charge < -0.3 is 47.7 Å². The Morgan fingerprint density at radius 1 is 0.949 bits per heavy atom. The number of fused-ring (bicyclic) bond motifs is 1. The normalized spacial score (nSPS) is 14.8. The minimum absolute atomic E-state index is 0.111. The minimum atomic E-state index is -1.67. The van der Waals surface area contributed by atoms with E-state index >= 15 is 0 Å². The van der Waals surface area contributed by atoms with Crippen LogP contribution in [0.5, 0.6) is 0 Å². The predicted molar refractivity (Wildman–Crippen MR) is 136 cm³/mol. The van der Waals surface area contributed by atoms with Gasteiger partial charge in [-0.05, 0) is 25.0 Å². The van der Waals surface area contributed by atoms with E-state index in [1.54, 1.807) is 30.5 Å². The summed E-state index contributed by atoms with van der Waals surface area (Å²) in [5.74, 6) is -6.61. The number of hydrogen-bond donors (Lipinski definition) is 9. The molecule has 5 unspecified atom stereocenters. The number of amides is 4. The van der Waals surface area contributed by atoms with Crippen molar-refractivity contribution in [2.24, 2.45) is 11.5 Å². The molecule has 0 spiro atoms. The van der Waals surface area contributed by atoms with Crippen LogP contribution in [-0.4, -0.2) is 86.1 Å². The number of hydrogen-bond acceptors (Lipinski definition) is 8. The SMILES string of the molecule is CC(O)C(NC(=O)C(CC(N)=O)NC(=O)C(N)CCC(=O)O)C(=O)NC(Cc1c[nH]c2ccccc12)C(=O)O. The van der Waals surface area contributed by atoms with E-state index in [4.69, 9.17) is 16.6 Å². The number of nitrogens with one attached hydrogen (secondary N) is 4. The number of rotatable bonds is 15. The van der Waals surface area contributed by atoms with E-state index in [2.05, 4.69) is 20.9 Å². The van der Waals surface area contributed by atoms with Gasteiger partial charge in [0, 0.05) is 29.9 Å². The highest BCUT2D eigenvalue weighted by Crippen LogP contribution is 2.19. The van der Waals surface area contributed by atoms with E-state index in [0.717, 1.165) is 10.9 Å². The van der Waals surface area contributed by atoms with Gasteiger partial charge >= 0.3 is 11.9 Å². The Morgan fingerprint density at radius 3 is 2.18 bits per heavy atom. The lowest BCUT2D eigenvalue weighted by molar-refractivity contribution is -0.143. The van der Waals surface area contributed by atoms with E-state index in [0.29, 0.717) is 5.56 Å². The first-order valence-corrected chi connectivity index (χ1v) is 11.9. The summed E-state index contributed by atoms with van der Waals surface area (Å²) in [6, 6.07) is 1.12. The van der Waals surface area contributed by atoms with Crippen LogP contribution in [0.2, 0.25) is 0 Å². The van der Waals surface area contributed by atoms with Crippen LogP contribution in [0.4, 0.5) is 0 Å².